The molecule has 2 aliphatic heterocycles. The molecule has 1 N–H and O–H groups in total. The molecule has 2 heterocycles. The van der Waals surface area contributed by atoms with E-state index in [0.717, 1.165) is 31.7 Å². The number of rotatable bonds is 2. The lowest BCUT2D eigenvalue weighted by Crippen LogP contribution is -2.43. The summed E-state index contributed by atoms with van der Waals surface area (Å²) >= 11 is 0. The van der Waals surface area contributed by atoms with Crippen molar-refractivity contribution in [3.8, 4) is 6.07 Å². The van der Waals surface area contributed by atoms with Crippen LogP contribution in [0.4, 0.5) is 5.69 Å². The average molecular weight is 303 g/mol. The molecule has 3 nitrogen and oxygen atoms in total. The van der Waals surface area contributed by atoms with Crippen LogP contribution in [0.3, 0.4) is 0 Å². The fourth-order valence-corrected chi connectivity index (χ4v) is 3.99. The third-order valence-corrected chi connectivity index (χ3v) is 5.42. The summed E-state index contributed by atoms with van der Waals surface area (Å²) in [5.41, 5.74) is 5.20. The van der Waals surface area contributed by atoms with Gasteiger partial charge in [0.05, 0.1) is 11.6 Å². The first-order valence-corrected chi connectivity index (χ1v) is 8.34. The van der Waals surface area contributed by atoms with E-state index in [-0.39, 0.29) is 0 Å². The second-order valence-corrected chi connectivity index (χ2v) is 6.76. The molecule has 3 heteroatoms. The van der Waals surface area contributed by atoms with Gasteiger partial charge in [-0.25, -0.2) is 0 Å². The largest absolute Gasteiger partial charge is 0.384 e. The molecule has 1 fully saturated rings. The molecule has 0 bridgehead atoms. The summed E-state index contributed by atoms with van der Waals surface area (Å²) in [5, 5.41) is 12.5. The van der Waals surface area contributed by atoms with E-state index in [1.165, 1.54) is 29.7 Å². The minimum absolute atomic E-state index is 0.331. The zero-order chi connectivity index (χ0) is 15.7. The molecule has 4 rings (SSSR count). The van der Waals surface area contributed by atoms with Gasteiger partial charge in [0, 0.05) is 24.2 Å². The van der Waals surface area contributed by atoms with E-state index >= 15 is 0 Å². The Kier molecular flexibility index (Phi) is 3.55. The molecule has 0 aromatic heterocycles. The maximum absolute atomic E-state index is 8.88. The highest BCUT2D eigenvalue weighted by molar-refractivity contribution is 5.60. The Bertz CT molecular complexity index is 734. The van der Waals surface area contributed by atoms with Gasteiger partial charge in [-0.3, -0.25) is 4.90 Å². The molecule has 116 valence electrons. The smallest absolute Gasteiger partial charge is 0.0991 e. The number of fused-ring (bicyclic) bond motifs is 2. The molecule has 23 heavy (non-hydrogen) atoms. The Balaban J connectivity index is 1.43. The minimum atomic E-state index is 0.331. The zero-order valence-corrected chi connectivity index (χ0v) is 13.3. The van der Waals surface area contributed by atoms with Crippen LogP contribution in [-0.2, 0) is 12.0 Å². The summed E-state index contributed by atoms with van der Waals surface area (Å²) in [6.45, 7) is 4.33. The summed E-state index contributed by atoms with van der Waals surface area (Å²) in [6, 6.07) is 18.9. The van der Waals surface area contributed by atoms with Crippen molar-refractivity contribution in [3.05, 3.63) is 65.2 Å². The van der Waals surface area contributed by atoms with E-state index < -0.39 is 0 Å². The van der Waals surface area contributed by atoms with Gasteiger partial charge in [-0.15, -0.1) is 0 Å². The van der Waals surface area contributed by atoms with Gasteiger partial charge in [-0.2, -0.15) is 5.26 Å². The quantitative estimate of drug-likeness (QED) is 0.922. The van der Waals surface area contributed by atoms with Gasteiger partial charge in [0.15, 0.2) is 0 Å². The highest BCUT2D eigenvalue weighted by Crippen LogP contribution is 2.43. The second-order valence-electron chi connectivity index (χ2n) is 6.76. The lowest BCUT2D eigenvalue weighted by molar-refractivity contribution is 0.162. The van der Waals surface area contributed by atoms with E-state index in [9.17, 15) is 0 Å². The number of para-hydroxylation sites is 1. The Morgan fingerprint density at radius 3 is 2.52 bits per heavy atom. The fraction of sp³-hybridized carbons (Fsp3) is 0.350. The first-order chi connectivity index (χ1) is 11.3. The number of nitriles is 1. The minimum Gasteiger partial charge on any atom is -0.384 e. The van der Waals surface area contributed by atoms with Gasteiger partial charge in [0.2, 0.25) is 0 Å². The Hall–Kier alpha value is -2.31. The predicted molar refractivity (Wildman–Crippen MR) is 92.3 cm³/mol. The number of nitrogens with zero attached hydrogens (tertiary/aromatic N) is 2. The van der Waals surface area contributed by atoms with Crippen molar-refractivity contribution in [2.75, 3.05) is 25.0 Å². The van der Waals surface area contributed by atoms with Crippen LogP contribution in [0.25, 0.3) is 0 Å². The van der Waals surface area contributed by atoms with Crippen LogP contribution in [0.15, 0.2) is 48.5 Å². The molecule has 0 radical (unpaired) electrons. The van der Waals surface area contributed by atoms with Gasteiger partial charge >= 0.3 is 0 Å². The molecule has 0 saturated carbocycles. The van der Waals surface area contributed by atoms with Crippen LogP contribution in [0.2, 0.25) is 0 Å². The van der Waals surface area contributed by atoms with Crippen LogP contribution < -0.4 is 5.32 Å². The van der Waals surface area contributed by atoms with Crippen molar-refractivity contribution in [1.82, 2.24) is 4.90 Å². The lowest BCUT2D eigenvalue weighted by atomic mass is 9.74. The Labute approximate surface area is 137 Å². The van der Waals surface area contributed by atoms with Crippen LogP contribution >= 0.6 is 0 Å². The van der Waals surface area contributed by atoms with Gasteiger partial charge in [-0.05, 0) is 55.3 Å². The molecule has 1 spiro atoms. The van der Waals surface area contributed by atoms with E-state index in [0.29, 0.717) is 5.41 Å². The Morgan fingerprint density at radius 2 is 1.78 bits per heavy atom. The molecule has 0 atom stereocenters. The maximum atomic E-state index is 8.88. The molecule has 2 aromatic carbocycles. The molecular formula is C20H21N3. The monoisotopic (exact) mass is 303 g/mol. The maximum Gasteiger partial charge on any atom is 0.0991 e. The van der Waals surface area contributed by atoms with Gasteiger partial charge < -0.3 is 5.32 Å². The predicted octanol–water partition coefficient (Wildman–Crippen LogP) is 3.52. The molecule has 1 saturated heterocycles. The normalized spacial score (nSPS) is 19.1. The number of anilines is 1. The summed E-state index contributed by atoms with van der Waals surface area (Å²) in [7, 11) is 0. The van der Waals surface area contributed by atoms with Crippen LogP contribution in [0.1, 0.15) is 29.5 Å². The van der Waals surface area contributed by atoms with Crippen molar-refractivity contribution in [2.45, 2.75) is 24.8 Å². The highest BCUT2D eigenvalue weighted by atomic mass is 15.1. The molecule has 0 unspecified atom stereocenters. The summed E-state index contributed by atoms with van der Waals surface area (Å²) in [5.74, 6) is 0. The van der Waals surface area contributed by atoms with Crippen LogP contribution in [-0.4, -0.2) is 24.5 Å². The van der Waals surface area contributed by atoms with Gasteiger partial charge in [0.1, 0.15) is 0 Å². The van der Waals surface area contributed by atoms with Crippen molar-refractivity contribution in [3.63, 3.8) is 0 Å². The third-order valence-electron chi connectivity index (χ3n) is 5.42. The highest BCUT2D eigenvalue weighted by Gasteiger charge is 2.40. The van der Waals surface area contributed by atoms with Gasteiger partial charge in [0.25, 0.3) is 0 Å². The number of hydrogen-bond acceptors (Lipinski definition) is 3. The van der Waals surface area contributed by atoms with Gasteiger partial charge in [-0.1, -0.05) is 30.3 Å². The summed E-state index contributed by atoms with van der Waals surface area (Å²) < 4.78 is 0. The number of nitrogens with one attached hydrogen (secondary N) is 1. The first kappa shape index (κ1) is 14.3. The molecule has 0 aliphatic carbocycles. The summed E-state index contributed by atoms with van der Waals surface area (Å²) in [6.07, 6.45) is 2.43. The Morgan fingerprint density at radius 1 is 1.04 bits per heavy atom. The fourth-order valence-electron chi connectivity index (χ4n) is 3.99. The van der Waals surface area contributed by atoms with Crippen molar-refractivity contribution in [1.29, 1.82) is 5.26 Å². The number of piperidine rings is 1. The standard InChI is InChI=1S/C20H21N3/c21-13-16-5-7-17(8-6-16)14-23-11-9-20(10-12-23)15-22-19-4-2-1-3-18(19)20/h1-8,22H,9-12,14-15H2. The van der Waals surface area contributed by atoms with Crippen molar-refractivity contribution in [2.24, 2.45) is 0 Å². The van der Waals surface area contributed by atoms with E-state index in [1.807, 2.05) is 12.1 Å². The molecule has 0 amide bonds. The van der Waals surface area contributed by atoms with Crippen molar-refractivity contribution < 1.29 is 0 Å². The first-order valence-electron chi connectivity index (χ1n) is 8.34. The van der Waals surface area contributed by atoms with Crippen LogP contribution in [0, 0.1) is 11.3 Å². The average Bonchev–Trinajstić information content (AvgIpc) is 2.97. The molecule has 2 aliphatic rings. The van der Waals surface area contributed by atoms with E-state index in [1.54, 1.807) is 0 Å². The summed E-state index contributed by atoms with van der Waals surface area (Å²) in [4.78, 5) is 2.54. The number of likely N-dealkylation sites (tertiary alicyclic amines) is 1. The second kappa shape index (κ2) is 5.72. The van der Waals surface area contributed by atoms with Crippen LogP contribution in [0.5, 0.6) is 0 Å². The van der Waals surface area contributed by atoms with E-state index in [4.69, 9.17) is 5.26 Å². The third kappa shape index (κ3) is 2.60. The SMILES string of the molecule is N#Cc1ccc(CN2CCC3(CC2)CNc2ccccc23)cc1. The lowest BCUT2D eigenvalue weighted by Gasteiger charge is -2.39. The van der Waals surface area contributed by atoms with Crippen molar-refractivity contribution >= 4 is 5.69 Å². The number of hydrogen-bond donors (Lipinski definition) is 1. The zero-order valence-electron chi connectivity index (χ0n) is 13.3. The van der Waals surface area contributed by atoms with E-state index in [2.05, 4.69) is 52.7 Å². The molecular weight excluding hydrogens is 282 g/mol. The molecule has 2 aromatic rings. The topological polar surface area (TPSA) is 39.1 Å². The number of benzene rings is 2.